The number of esters is 1. The number of halogens is 1. The van der Waals surface area contributed by atoms with Crippen molar-refractivity contribution in [1.82, 2.24) is 0 Å². The summed E-state index contributed by atoms with van der Waals surface area (Å²) >= 11 is 3.32. The second-order valence-electron chi connectivity index (χ2n) is 3.66. The van der Waals surface area contributed by atoms with Gasteiger partial charge >= 0.3 is 5.97 Å². The van der Waals surface area contributed by atoms with Crippen LogP contribution in [0.4, 0.5) is 5.69 Å². The number of sulfonamides is 1. The summed E-state index contributed by atoms with van der Waals surface area (Å²) in [4.78, 5) is 10.9. The highest BCUT2D eigenvalue weighted by molar-refractivity contribution is 9.10. The van der Waals surface area contributed by atoms with Crippen molar-refractivity contribution in [2.75, 3.05) is 17.6 Å². The first-order valence-corrected chi connectivity index (χ1v) is 7.62. The normalized spacial score (nSPS) is 11.1. The van der Waals surface area contributed by atoms with Gasteiger partial charge in [0.15, 0.2) is 0 Å². The summed E-state index contributed by atoms with van der Waals surface area (Å²) in [5, 5.41) is 0. The molecular formula is C11H14BrNO4S. The molecular weight excluding hydrogens is 322 g/mol. The second kappa shape index (κ2) is 6.19. The quantitative estimate of drug-likeness (QED) is 0.836. The van der Waals surface area contributed by atoms with Crippen LogP contribution in [-0.2, 0) is 19.6 Å². The minimum absolute atomic E-state index is 0.168. The number of ether oxygens (including phenoxy) is 1. The molecule has 0 aliphatic carbocycles. The molecule has 5 nitrogen and oxygen atoms in total. The van der Waals surface area contributed by atoms with Gasteiger partial charge in [-0.1, -0.05) is 22.0 Å². The maximum atomic E-state index is 11.7. The fourth-order valence-electron chi connectivity index (χ4n) is 1.26. The van der Waals surface area contributed by atoms with Crippen molar-refractivity contribution in [2.45, 2.75) is 13.3 Å². The molecule has 0 saturated heterocycles. The van der Waals surface area contributed by atoms with Crippen LogP contribution in [0.2, 0.25) is 0 Å². The van der Waals surface area contributed by atoms with Crippen LogP contribution in [0.15, 0.2) is 22.7 Å². The molecule has 1 aromatic rings. The largest absolute Gasteiger partial charge is 0.469 e. The SMILES string of the molecule is COC(=O)CCS(=O)(=O)Nc1cccc(Br)c1C. The Labute approximate surface area is 115 Å². The highest BCUT2D eigenvalue weighted by Gasteiger charge is 2.15. The number of methoxy groups -OCH3 is 1. The van der Waals surface area contributed by atoms with E-state index < -0.39 is 16.0 Å². The predicted octanol–water partition coefficient (Wildman–Crippen LogP) is 2.06. The second-order valence-corrected chi connectivity index (χ2v) is 6.36. The van der Waals surface area contributed by atoms with Crippen molar-refractivity contribution in [2.24, 2.45) is 0 Å². The Bertz CT molecular complexity index is 542. The van der Waals surface area contributed by atoms with Gasteiger partial charge in [-0.25, -0.2) is 8.42 Å². The van der Waals surface area contributed by atoms with Gasteiger partial charge in [-0.2, -0.15) is 0 Å². The zero-order chi connectivity index (χ0) is 13.8. The molecule has 0 unspecified atom stereocenters. The molecule has 0 amide bonds. The molecule has 0 heterocycles. The van der Waals surface area contributed by atoms with Crippen molar-refractivity contribution in [3.8, 4) is 0 Å². The molecule has 1 aromatic carbocycles. The van der Waals surface area contributed by atoms with E-state index in [1.54, 1.807) is 19.1 Å². The summed E-state index contributed by atoms with van der Waals surface area (Å²) in [6.45, 7) is 1.79. The summed E-state index contributed by atoms with van der Waals surface area (Å²) in [6, 6.07) is 5.21. The molecule has 0 atom stereocenters. The molecule has 0 spiro atoms. The van der Waals surface area contributed by atoms with Crippen molar-refractivity contribution < 1.29 is 17.9 Å². The summed E-state index contributed by atoms with van der Waals surface area (Å²) in [7, 11) is -2.33. The van der Waals surface area contributed by atoms with Gasteiger partial charge in [0, 0.05) is 4.47 Å². The Kier molecular flexibility index (Phi) is 5.15. The van der Waals surface area contributed by atoms with Crippen LogP contribution in [-0.4, -0.2) is 27.2 Å². The van der Waals surface area contributed by atoms with Crippen molar-refractivity contribution in [1.29, 1.82) is 0 Å². The summed E-state index contributed by atoms with van der Waals surface area (Å²) in [5.74, 6) is -0.850. The van der Waals surface area contributed by atoms with Crippen molar-refractivity contribution in [3.05, 3.63) is 28.2 Å². The molecule has 7 heteroatoms. The zero-order valence-corrected chi connectivity index (χ0v) is 12.5. The van der Waals surface area contributed by atoms with Gasteiger partial charge in [0.2, 0.25) is 10.0 Å². The molecule has 100 valence electrons. The molecule has 0 saturated carbocycles. The van der Waals surface area contributed by atoms with Crippen LogP contribution < -0.4 is 4.72 Å². The lowest BCUT2D eigenvalue weighted by Crippen LogP contribution is -2.20. The molecule has 0 bridgehead atoms. The number of hydrogen-bond donors (Lipinski definition) is 1. The van der Waals surface area contributed by atoms with Crippen molar-refractivity contribution >= 4 is 37.6 Å². The van der Waals surface area contributed by atoms with Crippen LogP contribution in [0, 0.1) is 6.92 Å². The topological polar surface area (TPSA) is 72.5 Å². The van der Waals surface area contributed by atoms with Gasteiger partial charge in [0.25, 0.3) is 0 Å². The number of carbonyl (C=O) groups is 1. The zero-order valence-electron chi connectivity index (χ0n) is 10.1. The van der Waals surface area contributed by atoms with Gasteiger partial charge in [0.1, 0.15) is 0 Å². The first-order valence-electron chi connectivity index (χ1n) is 5.18. The van der Waals surface area contributed by atoms with Crippen LogP contribution >= 0.6 is 15.9 Å². The van der Waals surface area contributed by atoms with E-state index in [1.807, 2.05) is 6.07 Å². The number of nitrogens with one attached hydrogen (secondary N) is 1. The number of benzene rings is 1. The number of carbonyl (C=O) groups excluding carboxylic acids is 1. The summed E-state index contributed by atoms with van der Waals surface area (Å²) in [5.41, 5.74) is 1.29. The maximum absolute atomic E-state index is 11.7. The Morgan fingerprint density at radius 1 is 1.44 bits per heavy atom. The van der Waals surface area contributed by atoms with Gasteiger partial charge < -0.3 is 4.74 Å². The van der Waals surface area contributed by atoms with E-state index in [0.717, 1.165) is 10.0 Å². The highest BCUT2D eigenvalue weighted by Crippen LogP contribution is 2.24. The molecule has 0 aromatic heterocycles. The van der Waals surface area contributed by atoms with E-state index >= 15 is 0 Å². The molecule has 0 fully saturated rings. The summed E-state index contributed by atoms with van der Waals surface area (Å²) < 4.78 is 31.2. The van der Waals surface area contributed by atoms with Gasteiger partial charge in [-0.15, -0.1) is 0 Å². The number of rotatable bonds is 5. The summed E-state index contributed by atoms with van der Waals surface area (Å²) in [6.07, 6.45) is -0.168. The fourth-order valence-corrected chi connectivity index (χ4v) is 2.72. The van der Waals surface area contributed by atoms with E-state index in [2.05, 4.69) is 25.4 Å². The van der Waals surface area contributed by atoms with E-state index in [9.17, 15) is 13.2 Å². The first kappa shape index (κ1) is 15.0. The smallest absolute Gasteiger partial charge is 0.306 e. The minimum atomic E-state index is -3.55. The van der Waals surface area contributed by atoms with Gasteiger partial charge in [0.05, 0.1) is 25.0 Å². The van der Waals surface area contributed by atoms with Crippen LogP contribution in [0.1, 0.15) is 12.0 Å². The highest BCUT2D eigenvalue weighted by atomic mass is 79.9. The van der Waals surface area contributed by atoms with E-state index in [-0.39, 0.29) is 12.2 Å². The Morgan fingerprint density at radius 2 is 2.11 bits per heavy atom. The fraction of sp³-hybridized carbons (Fsp3) is 0.364. The Hall–Kier alpha value is -1.08. The average molecular weight is 336 g/mol. The monoisotopic (exact) mass is 335 g/mol. The van der Waals surface area contributed by atoms with Gasteiger partial charge in [-0.05, 0) is 24.6 Å². The molecule has 0 aliphatic heterocycles. The minimum Gasteiger partial charge on any atom is -0.469 e. The Morgan fingerprint density at radius 3 is 2.72 bits per heavy atom. The van der Waals surface area contributed by atoms with Gasteiger partial charge in [-0.3, -0.25) is 9.52 Å². The lowest BCUT2D eigenvalue weighted by molar-refractivity contribution is -0.140. The number of anilines is 1. The van der Waals surface area contributed by atoms with Crippen LogP contribution in [0.5, 0.6) is 0 Å². The van der Waals surface area contributed by atoms with E-state index in [0.29, 0.717) is 5.69 Å². The van der Waals surface area contributed by atoms with Crippen LogP contribution in [0.25, 0.3) is 0 Å². The third-order valence-corrected chi connectivity index (χ3v) is 4.47. The number of hydrogen-bond acceptors (Lipinski definition) is 4. The third kappa shape index (κ3) is 4.30. The Balaban J connectivity index is 2.77. The van der Waals surface area contributed by atoms with Crippen LogP contribution in [0.3, 0.4) is 0 Å². The first-order chi connectivity index (χ1) is 8.35. The molecule has 0 aliphatic rings. The molecule has 0 radical (unpaired) electrons. The molecule has 1 rings (SSSR count). The van der Waals surface area contributed by atoms with Crippen molar-refractivity contribution in [3.63, 3.8) is 0 Å². The lowest BCUT2D eigenvalue weighted by atomic mass is 10.2. The lowest BCUT2D eigenvalue weighted by Gasteiger charge is -2.11. The molecule has 1 N–H and O–H groups in total. The van der Waals surface area contributed by atoms with E-state index in [4.69, 9.17) is 0 Å². The maximum Gasteiger partial charge on any atom is 0.306 e. The molecule has 18 heavy (non-hydrogen) atoms. The van der Waals surface area contributed by atoms with E-state index in [1.165, 1.54) is 7.11 Å². The standard InChI is InChI=1S/C11H14BrNO4S/c1-8-9(12)4-3-5-10(8)13-18(15,16)7-6-11(14)17-2/h3-5,13H,6-7H2,1-2H3. The predicted molar refractivity (Wildman–Crippen MR) is 72.9 cm³/mol. The average Bonchev–Trinajstić information content (AvgIpc) is 2.32. The third-order valence-electron chi connectivity index (χ3n) is 2.34.